The van der Waals surface area contributed by atoms with Gasteiger partial charge < -0.3 is 0 Å². The molecule has 0 saturated carbocycles. The van der Waals surface area contributed by atoms with Crippen molar-refractivity contribution in [3.8, 4) is 5.69 Å². The molecule has 8 heteroatoms. The number of benzene rings is 2. The molecule has 0 saturated heterocycles. The molecule has 0 spiro atoms. The highest BCUT2D eigenvalue weighted by molar-refractivity contribution is 7.71. The number of rotatable bonds is 6. The molecule has 0 aliphatic carbocycles. The average Bonchev–Trinajstić information content (AvgIpc) is 3.25. The smallest absolute Gasteiger partial charge is 0.221 e. The van der Waals surface area contributed by atoms with Crippen LogP contribution in [0.4, 0.5) is 0 Å². The molecular weight excluding hydrogens is 388 g/mol. The van der Waals surface area contributed by atoms with Crippen LogP contribution in [0.2, 0.25) is 0 Å². The fourth-order valence-electron chi connectivity index (χ4n) is 3.02. The molecule has 2 aromatic heterocycles. The molecule has 0 unspecified atom stereocenters. The van der Waals surface area contributed by atoms with Gasteiger partial charge in [0.15, 0.2) is 0 Å². The number of aromatic nitrogens is 5. The second kappa shape index (κ2) is 7.90. The van der Waals surface area contributed by atoms with Gasteiger partial charge >= 0.3 is 0 Å². The van der Waals surface area contributed by atoms with Crippen LogP contribution in [0.25, 0.3) is 15.9 Å². The fourth-order valence-corrected chi connectivity index (χ4v) is 4.31. The summed E-state index contributed by atoms with van der Waals surface area (Å²) in [5, 5.41) is 9.56. The zero-order chi connectivity index (χ0) is 19.7. The van der Waals surface area contributed by atoms with Crippen molar-refractivity contribution in [1.82, 2.24) is 29.7 Å². The zero-order valence-corrected chi connectivity index (χ0v) is 17.7. The first-order chi connectivity index (χ1) is 13.5. The molecule has 0 aliphatic heterocycles. The van der Waals surface area contributed by atoms with Crippen molar-refractivity contribution in [1.29, 1.82) is 0 Å². The Kier molecular flexibility index (Phi) is 5.34. The van der Waals surface area contributed by atoms with Crippen LogP contribution in [0.5, 0.6) is 0 Å². The Morgan fingerprint density at radius 1 is 1.07 bits per heavy atom. The summed E-state index contributed by atoms with van der Waals surface area (Å²) in [5.41, 5.74) is 3.26. The van der Waals surface area contributed by atoms with Gasteiger partial charge in [0.1, 0.15) is 5.01 Å². The molecule has 0 bridgehead atoms. The van der Waals surface area contributed by atoms with Gasteiger partial charge in [-0.05, 0) is 65.4 Å². The second-order valence-electron chi connectivity index (χ2n) is 7.15. The van der Waals surface area contributed by atoms with E-state index in [1.54, 1.807) is 20.7 Å². The summed E-state index contributed by atoms with van der Waals surface area (Å²) in [5.74, 6) is 0.494. The van der Waals surface area contributed by atoms with E-state index in [9.17, 15) is 0 Å². The maximum atomic E-state index is 5.59. The number of nitrogens with zero attached hydrogens (tertiary/aromatic N) is 6. The summed E-state index contributed by atoms with van der Waals surface area (Å²) in [6.07, 6.45) is 0. The predicted molar refractivity (Wildman–Crippen MR) is 115 cm³/mol. The third-order valence-electron chi connectivity index (χ3n) is 4.56. The molecule has 0 fully saturated rings. The molecule has 144 valence electrons. The molecule has 2 aromatic carbocycles. The van der Waals surface area contributed by atoms with Gasteiger partial charge in [0.05, 0.1) is 29.1 Å². The van der Waals surface area contributed by atoms with Gasteiger partial charge in [-0.15, -0.1) is 11.3 Å². The fraction of sp³-hybridized carbons (Fsp3) is 0.300. The van der Waals surface area contributed by atoms with E-state index in [1.165, 1.54) is 10.3 Å². The van der Waals surface area contributed by atoms with Crippen molar-refractivity contribution >= 4 is 33.8 Å². The maximum Gasteiger partial charge on any atom is 0.221 e. The normalized spacial score (nSPS) is 11.8. The predicted octanol–water partition coefficient (Wildman–Crippen LogP) is 4.62. The van der Waals surface area contributed by atoms with Gasteiger partial charge in [-0.1, -0.05) is 38.1 Å². The van der Waals surface area contributed by atoms with Crippen molar-refractivity contribution in [3.05, 3.63) is 63.9 Å². The molecule has 28 heavy (non-hydrogen) atoms. The average molecular weight is 411 g/mol. The molecule has 4 rings (SSSR count). The van der Waals surface area contributed by atoms with E-state index in [0.29, 0.717) is 17.4 Å². The zero-order valence-electron chi connectivity index (χ0n) is 16.1. The summed E-state index contributed by atoms with van der Waals surface area (Å²) < 4.78 is 5.22. The molecule has 0 atom stereocenters. The van der Waals surface area contributed by atoms with Crippen LogP contribution in [-0.2, 0) is 13.2 Å². The number of fused-ring (bicyclic) bond motifs is 1. The maximum absolute atomic E-state index is 5.59. The molecule has 2 heterocycles. The molecule has 0 amide bonds. The molecule has 0 radical (unpaired) electrons. The summed E-state index contributed by atoms with van der Waals surface area (Å²) >= 11 is 7.31. The van der Waals surface area contributed by atoms with E-state index in [4.69, 9.17) is 17.2 Å². The Bertz CT molecular complexity index is 1110. The third-order valence-corrected chi connectivity index (χ3v) is 5.97. The van der Waals surface area contributed by atoms with Crippen LogP contribution < -0.4 is 0 Å². The monoisotopic (exact) mass is 410 g/mol. The van der Waals surface area contributed by atoms with Gasteiger partial charge in [0.2, 0.25) is 4.77 Å². The van der Waals surface area contributed by atoms with Crippen molar-refractivity contribution in [2.24, 2.45) is 0 Å². The minimum Gasteiger partial charge on any atom is -0.281 e. The highest BCUT2D eigenvalue weighted by Crippen LogP contribution is 2.22. The van der Waals surface area contributed by atoms with E-state index in [1.807, 2.05) is 37.4 Å². The Labute approximate surface area is 173 Å². The lowest BCUT2D eigenvalue weighted by Crippen LogP contribution is -2.22. The van der Waals surface area contributed by atoms with Gasteiger partial charge in [-0.25, -0.2) is 9.67 Å². The highest BCUT2D eigenvalue weighted by atomic mass is 32.1. The van der Waals surface area contributed by atoms with E-state index in [2.05, 4.69) is 47.4 Å². The van der Waals surface area contributed by atoms with E-state index in [0.717, 1.165) is 22.8 Å². The quantitative estimate of drug-likeness (QED) is 0.434. The Morgan fingerprint density at radius 3 is 2.54 bits per heavy atom. The lowest BCUT2D eigenvalue weighted by atomic mass is 10.0. The van der Waals surface area contributed by atoms with Crippen LogP contribution in [0.3, 0.4) is 0 Å². The number of para-hydroxylation sites is 1. The lowest BCUT2D eigenvalue weighted by Gasteiger charge is -2.13. The minimum atomic E-state index is 0.494. The Morgan fingerprint density at radius 2 is 1.82 bits per heavy atom. The Balaban J connectivity index is 1.48. The van der Waals surface area contributed by atoms with Crippen LogP contribution in [0.1, 0.15) is 30.3 Å². The summed E-state index contributed by atoms with van der Waals surface area (Å²) in [6.45, 7) is 5.65. The number of hydrogen-bond donors (Lipinski definition) is 0. The Hall–Kier alpha value is -2.42. The first kappa shape index (κ1) is 18.9. The standard InChI is InChI=1S/C20H22N6S2/c1-14(2)15-8-10-16(11-9-15)26-20(27)25(22-23-26)13-24(3)12-19-21-17-6-4-5-7-18(17)28-19/h4-11,14H,12-13H2,1-3H3. The summed E-state index contributed by atoms with van der Waals surface area (Å²) in [4.78, 5) is 6.83. The van der Waals surface area contributed by atoms with E-state index < -0.39 is 0 Å². The third kappa shape index (κ3) is 3.89. The van der Waals surface area contributed by atoms with E-state index >= 15 is 0 Å². The van der Waals surface area contributed by atoms with Crippen LogP contribution in [0.15, 0.2) is 48.5 Å². The van der Waals surface area contributed by atoms with Crippen molar-refractivity contribution in [2.75, 3.05) is 7.05 Å². The number of tetrazole rings is 1. The molecule has 0 N–H and O–H groups in total. The highest BCUT2D eigenvalue weighted by Gasteiger charge is 2.11. The second-order valence-corrected chi connectivity index (χ2v) is 8.63. The molecular formula is C20H22N6S2. The number of thiazole rings is 1. The van der Waals surface area contributed by atoms with Gasteiger partial charge in [-0.2, -0.15) is 4.68 Å². The van der Waals surface area contributed by atoms with Crippen LogP contribution >= 0.6 is 23.6 Å². The lowest BCUT2D eigenvalue weighted by molar-refractivity contribution is 0.242. The first-order valence-electron chi connectivity index (χ1n) is 9.17. The molecule has 4 aromatic rings. The van der Waals surface area contributed by atoms with Crippen LogP contribution in [0, 0.1) is 4.77 Å². The van der Waals surface area contributed by atoms with Crippen molar-refractivity contribution < 1.29 is 0 Å². The summed E-state index contributed by atoms with van der Waals surface area (Å²) in [7, 11) is 2.03. The minimum absolute atomic E-state index is 0.494. The number of hydrogen-bond acceptors (Lipinski definition) is 6. The topological polar surface area (TPSA) is 51.8 Å². The summed E-state index contributed by atoms with van der Waals surface area (Å²) in [6, 6.07) is 16.5. The van der Waals surface area contributed by atoms with Gasteiger partial charge in [-0.3, -0.25) is 4.90 Å². The largest absolute Gasteiger partial charge is 0.281 e. The van der Waals surface area contributed by atoms with Crippen molar-refractivity contribution in [2.45, 2.75) is 33.0 Å². The van der Waals surface area contributed by atoms with Gasteiger partial charge in [0.25, 0.3) is 0 Å². The van der Waals surface area contributed by atoms with Gasteiger partial charge in [0, 0.05) is 0 Å². The first-order valence-corrected chi connectivity index (χ1v) is 10.4. The van der Waals surface area contributed by atoms with Crippen LogP contribution in [-0.4, -0.2) is 36.7 Å². The van der Waals surface area contributed by atoms with Crippen molar-refractivity contribution in [3.63, 3.8) is 0 Å². The molecule has 0 aliphatic rings. The van der Waals surface area contributed by atoms with E-state index in [-0.39, 0.29) is 0 Å². The SMILES string of the molecule is CC(C)c1ccc(-n2nnn(CN(C)Cc3nc4ccccc4s3)c2=S)cc1. The molecule has 6 nitrogen and oxygen atoms in total.